The Balaban J connectivity index is 0.00000140. The van der Waals surface area contributed by atoms with E-state index in [-0.39, 0.29) is 42.3 Å². The second kappa shape index (κ2) is 8.68. The Morgan fingerprint density at radius 1 is 1.04 bits per heavy atom. The molecule has 5 nitrogen and oxygen atoms in total. The highest BCUT2D eigenvalue weighted by molar-refractivity contribution is 5.96. The number of nitrogens with zero attached hydrogens (tertiary/aromatic N) is 1. The maximum absolute atomic E-state index is 13.5. The van der Waals surface area contributed by atoms with Crippen molar-refractivity contribution in [2.24, 2.45) is 11.8 Å². The van der Waals surface area contributed by atoms with E-state index in [2.05, 4.69) is 22.4 Å². The quantitative estimate of drug-likeness (QED) is 0.779. The highest BCUT2D eigenvalue weighted by Crippen LogP contribution is 2.43. The molecule has 4 rings (SSSR count). The van der Waals surface area contributed by atoms with Crippen LogP contribution in [0.3, 0.4) is 0 Å². The van der Waals surface area contributed by atoms with Crippen LogP contribution < -0.4 is 10.9 Å². The number of fused-ring (bicyclic) bond motifs is 1. The molecule has 0 saturated carbocycles. The van der Waals surface area contributed by atoms with Gasteiger partial charge in [0.05, 0.1) is 6.04 Å². The molecule has 1 amide bonds. The minimum absolute atomic E-state index is 0. The molecule has 2 aliphatic rings. The van der Waals surface area contributed by atoms with E-state index in [1.54, 1.807) is 0 Å². The molecule has 28 heavy (non-hydrogen) atoms. The van der Waals surface area contributed by atoms with Gasteiger partial charge in [-0.2, -0.15) is 0 Å². The number of carbonyl (C=O) groups excluding carboxylic acids is 1. The molecule has 0 radical (unpaired) electrons. The van der Waals surface area contributed by atoms with Crippen LogP contribution >= 0.6 is 24.8 Å². The molecule has 0 unspecified atom stereocenters. The van der Waals surface area contributed by atoms with E-state index in [1.807, 2.05) is 43.9 Å². The number of hydrogen-bond acceptors (Lipinski definition) is 3. The van der Waals surface area contributed by atoms with Crippen LogP contribution in [0.1, 0.15) is 38.8 Å². The summed E-state index contributed by atoms with van der Waals surface area (Å²) < 4.78 is 0. The number of likely N-dealkylation sites (tertiary alicyclic amines) is 1. The van der Waals surface area contributed by atoms with Crippen molar-refractivity contribution in [2.75, 3.05) is 19.6 Å². The maximum atomic E-state index is 13.5. The van der Waals surface area contributed by atoms with Crippen LogP contribution in [-0.4, -0.2) is 35.4 Å². The molecule has 2 fully saturated rings. The second-order valence-corrected chi connectivity index (χ2v) is 7.60. The summed E-state index contributed by atoms with van der Waals surface area (Å²) in [5.74, 6) is 0.692. The average molecular weight is 424 g/mol. The summed E-state index contributed by atoms with van der Waals surface area (Å²) in [6.45, 7) is 8.24. The second-order valence-electron chi connectivity index (χ2n) is 7.60. The zero-order valence-corrected chi connectivity index (χ0v) is 18.0. The first-order valence-corrected chi connectivity index (χ1v) is 9.25. The fraction of sp³-hybridized carbons (Fsp3) is 0.429. The van der Waals surface area contributed by atoms with E-state index in [4.69, 9.17) is 0 Å². The topological polar surface area (TPSA) is 65.2 Å². The Morgan fingerprint density at radius 2 is 1.71 bits per heavy atom. The third-order valence-electron chi connectivity index (χ3n) is 6.21. The maximum Gasteiger partial charge on any atom is 0.261 e. The predicted octanol–water partition coefficient (Wildman–Crippen LogP) is 3.18. The van der Waals surface area contributed by atoms with E-state index in [0.29, 0.717) is 23.9 Å². The van der Waals surface area contributed by atoms with Gasteiger partial charge >= 0.3 is 0 Å². The lowest BCUT2D eigenvalue weighted by Gasteiger charge is -2.29. The largest absolute Gasteiger partial charge is 0.331 e. The number of halogens is 2. The van der Waals surface area contributed by atoms with Crippen molar-refractivity contribution in [1.29, 1.82) is 0 Å². The molecule has 2 aromatic rings. The number of nitrogens with one attached hydrogen (secondary N) is 2. The summed E-state index contributed by atoms with van der Waals surface area (Å²) in [6, 6.07) is 10.2. The molecular formula is C21H27Cl2N3O2. The van der Waals surface area contributed by atoms with E-state index in [0.717, 1.165) is 35.5 Å². The highest BCUT2D eigenvalue weighted by atomic mass is 35.5. The summed E-state index contributed by atoms with van der Waals surface area (Å²) in [5, 5.41) is 3.46. The van der Waals surface area contributed by atoms with Gasteiger partial charge in [-0.05, 0) is 43.4 Å². The monoisotopic (exact) mass is 423 g/mol. The summed E-state index contributed by atoms with van der Waals surface area (Å²) in [7, 11) is 0. The van der Waals surface area contributed by atoms with Crippen LogP contribution in [-0.2, 0) is 0 Å². The highest BCUT2D eigenvalue weighted by Gasteiger charge is 2.47. The number of carbonyl (C=O) groups is 1. The van der Waals surface area contributed by atoms with Crippen LogP contribution in [0.4, 0.5) is 0 Å². The number of amides is 1. The van der Waals surface area contributed by atoms with Gasteiger partial charge in [-0.3, -0.25) is 9.59 Å². The third-order valence-corrected chi connectivity index (χ3v) is 6.21. The number of aromatic amines is 1. The van der Waals surface area contributed by atoms with Gasteiger partial charge in [-0.1, -0.05) is 30.3 Å². The smallest absolute Gasteiger partial charge is 0.261 e. The first-order valence-electron chi connectivity index (χ1n) is 9.25. The molecular weight excluding hydrogens is 397 g/mol. The van der Waals surface area contributed by atoms with Gasteiger partial charge < -0.3 is 15.2 Å². The third kappa shape index (κ3) is 3.59. The summed E-state index contributed by atoms with van der Waals surface area (Å²) in [4.78, 5) is 30.8. The van der Waals surface area contributed by atoms with E-state index < -0.39 is 0 Å². The minimum Gasteiger partial charge on any atom is -0.331 e. The predicted molar refractivity (Wildman–Crippen MR) is 116 cm³/mol. The zero-order chi connectivity index (χ0) is 18.4. The van der Waals surface area contributed by atoms with E-state index >= 15 is 0 Å². The molecule has 2 N–H and O–H groups in total. The molecule has 7 heteroatoms. The Labute approximate surface area is 177 Å². The lowest BCUT2D eigenvalue weighted by atomic mass is 9.89. The number of aryl methyl sites for hydroxylation is 1. The molecule has 3 atom stereocenters. The van der Waals surface area contributed by atoms with Crippen molar-refractivity contribution < 1.29 is 4.79 Å². The van der Waals surface area contributed by atoms with Crippen molar-refractivity contribution >= 4 is 30.7 Å². The summed E-state index contributed by atoms with van der Waals surface area (Å²) in [6.07, 6.45) is 0. The van der Waals surface area contributed by atoms with Gasteiger partial charge in [0.25, 0.3) is 11.5 Å². The molecule has 0 spiro atoms. The van der Waals surface area contributed by atoms with Gasteiger partial charge in [0.1, 0.15) is 5.56 Å². The lowest BCUT2D eigenvalue weighted by molar-refractivity contribution is 0.0711. The zero-order valence-electron chi connectivity index (χ0n) is 16.3. The molecule has 1 aromatic heterocycles. The Bertz CT molecular complexity index is 914. The van der Waals surface area contributed by atoms with Crippen molar-refractivity contribution in [3.05, 3.63) is 68.6 Å². The van der Waals surface area contributed by atoms with E-state index in [1.165, 1.54) is 0 Å². The van der Waals surface area contributed by atoms with Gasteiger partial charge in [0.2, 0.25) is 0 Å². The minimum atomic E-state index is -0.280. The van der Waals surface area contributed by atoms with E-state index in [9.17, 15) is 9.59 Å². The molecule has 0 bridgehead atoms. The van der Waals surface area contributed by atoms with Crippen LogP contribution in [0.2, 0.25) is 0 Å². The van der Waals surface area contributed by atoms with Crippen LogP contribution in [0, 0.1) is 32.6 Å². The Kier molecular flexibility index (Phi) is 6.97. The lowest BCUT2D eigenvalue weighted by Crippen LogP contribution is -2.38. The van der Waals surface area contributed by atoms with Gasteiger partial charge in [-0.25, -0.2) is 0 Å². The SMILES string of the molecule is Cc1[nH]c(=O)c(C(=O)N2C[C@@H]3CNC[C@@H]3[C@H]2c2ccccc2)c(C)c1C.Cl.Cl. The van der Waals surface area contributed by atoms with Gasteiger partial charge in [0, 0.05) is 31.2 Å². The number of hydrogen-bond donors (Lipinski definition) is 2. The van der Waals surface area contributed by atoms with Crippen molar-refractivity contribution in [3.8, 4) is 0 Å². The van der Waals surface area contributed by atoms with Gasteiger partial charge in [0.15, 0.2) is 0 Å². The Hall–Kier alpha value is -1.82. The molecule has 0 aliphatic carbocycles. The number of aromatic nitrogens is 1. The van der Waals surface area contributed by atoms with Gasteiger partial charge in [-0.15, -0.1) is 24.8 Å². The van der Waals surface area contributed by atoms with Crippen molar-refractivity contribution in [3.63, 3.8) is 0 Å². The molecule has 152 valence electrons. The van der Waals surface area contributed by atoms with Crippen LogP contribution in [0.25, 0.3) is 0 Å². The molecule has 3 heterocycles. The van der Waals surface area contributed by atoms with Crippen molar-refractivity contribution in [2.45, 2.75) is 26.8 Å². The summed E-state index contributed by atoms with van der Waals surface area (Å²) >= 11 is 0. The molecule has 2 aliphatic heterocycles. The molecule has 1 aromatic carbocycles. The fourth-order valence-corrected chi connectivity index (χ4v) is 4.57. The standard InChI is InChI=1S/C21H25N3O2.2ClH/c1-12-13(2)18(20(25)23-14(12)3)21(26)24-11-16-9-22-10-17(16)19(24)15-7-5-4-6-8-15;;/h4-8,16-17,19,22H,9-11H2,1-3H3,(H,23,25);2*1H/t16-,17-,19+;;/m0../s1. The number of pyridine rings is 1. The molecule has 2 saturated heterocycles. The first kappa shape index (κ1) is 22.5. The van der Waals surface area contributed by atoms with Crippen LogP contribution in [0.15, 0.2) is 35.1 Å². The van der Waals surface area contributed by atoms with Crippen molar-refractivity contribution in [1.82, 2.24) is 15.2 Å². The average Bonchev–Trinajstić information content (AvgIpc) is 3.21. The number of H-pyrrole nitrogens is 1. The number of benzene rings is 1. The fourth-order valence-electron chi connectivity index (χ4n) is 4.57. The summed E-state index contributed by atoms with van der Waals surface area (Å²) in [5.41, 5.74) is 3.75. The normalized spacial score (nSPS) is 23.0. The number of rotatable bonds is 2. The Morgan fingerprint density at radius 3 is 2.39 bits per heavy atom. The first-order chi connectivity index (χ1) is 12.5. The van der Waals surface area contributed by atoms with Crippen LogP contribution in [0.5, 0.6) is 0 Å².